The number of carbonyl (C=O) groups excluding carboxylic acids is 1. The molecule has 0 radical (unpaired) electrons. The molecule has 0 unspecified atom stereocenters. The number of aryl methyl sites for hydroxylation is 2. The second-order valence-corrected chi connectivity index (χ2v) is 6.45. The molecule has 0 aliphatic heterocycles. The van der Waals surface area contributed by atoms with Crippen LogP contribution in [-0.4, -0.2) is 23.0 Å². The minimum Gasteiger partial charge on any atom is -0.495 e. The number of amides is 1. The summed E-state index contributed by atoms with van der Waals surface area (Å²) in [5.41, 5.74) is 3.71. The van der Waals surface area contributed by atoms with Crippen LogP contribution in [0.4, 0.5) is 17.3 Å². The van der Waals surface area contributed by atoms with Gasteiger partial charge in [-0.2, -0.15) is 0 Å². The van der Waals surface area contributed by atoms with E-state index in [9.17, 15) is 4.79 Å². The number of halogens is 1. The van der Waals surface area contributed by atoms with Crippen LogP contribution < -0.4 is 15.4 Å². The first-order valence-electron chi connectivity index (χ1n) is 8.27. The molecule has 27 heavy (non-hydrogen) atoms. The lowest BCUT2D eigenvalue weighted by atomic mass is 10.2. The van der Waals surface area contributed by atoms with Crippen LogP contribution in [0, 0.1) is 13.8 Å². The molecular weight excluding hydrogens is 364 g/mol. The molecule has 0 bridgehead atoms. The summed E-state index contributed by atoms with van der Waals surface area (Å²) in [6, 6.07) is 11.1. The van der Waals surface area contributed by atoms with Crippen molar-refractivity contribution in [2.24, 2.45) is 0 Å². The lowest BCUT2D eigenvalue weighted by Gasteiger charge is -2.11. The summed E-state index contributed by atoms with van der Waals surface area (Å²) < 4.78 is 5.27. The first-order valence-corrected chi connectivity index (χ1v) is 8.65. The number of rotatable bonds is 5. The number of methoxy groups -OCH3 is 1. The van der Waals surface area contributed by atoms with Crippen LogP contribution in [0.5, 0.6) is 5.75 Å². The summed E-state index contributed by atoms with van der Waals surface area (Å²) in [4.78, 5) is 20.8. The maximum atomic E-state index is 12.5. The number of aromatic nitrogens is 2. The third kappa shape index (κ3) is 4.54. The van der Waals surface area contributed by atoms with Gasteiger partial charge in [-0.3, -0.25) is 4.79 Å². The van der Waals surface area contributed by atoms with Crippen molar-refractivity contribution in [3.63, 3.8) is 0 Å². The smallest absolute Gasteiger partial charge is 0.258 e. The molecule has 0 spiro atoms. The first-order chi connectivity index (χ1) is 13.0. The van der Waals surface area contributed by atoms with Crippen LogP contribution in [0.2, 0.25) is 5.02 Å². The molecule has 3 aromatic rings. The Morgan fingerprint density at radius 2 is 1.81 bits per heavy atom. The Morgan fingerprint density at radius 1 is 1.07 bits per heavy atom. The van der Waals surface area contributed by atoms with E-state index in [1.54, 1.807) is 19.2 Å². The second kappa shape index (κ2) is 8.05. The van der Waals surface area contributed by atoms with E-state index < -0.39 is 0 Å². The summed E-state index contributed by atoms with van der Waals surface area (Å²) in [5.74, 6) is 0.646. The van der Waals surface area contributed by atoms with Gasteiger partial charge in [0.15, 0.2) is 0 Å². The summed E-state index contributed by atoms with van der Waals surface area (Å²) >= 11 is 6.12. The number of nitrogens with one attached hydrogen (secondary N) is 2. The van der Waals surface area contributed by atoms with Gasteiger partial charge in [0.05, 0.1) is 18.4 Å². The van der Waals surface area contributed by atoms with Gasteiger partial charge in [-0.25, -0.2) is 9.97 Å². The van der Waals surface area contributed by atoms with E-state index in [0.29, 0.717) is 28.0 Å². The molecule has 0 fully saturated rings. The Balaban J connectivity index is 1.72. The van der Waals surface area contributed by atoms with Crippen molar-refractivity contribution in [2.45, 2.75) is 13.8 Å². The molecule has 138 valence electrons. The molecule has 1 amide bonds. The monoisotopic (exact) mass is 382 g/mol. The van der Waals surface area contributed by atoms with Gasteiger partial charge >= 0.3 is 0 Å². The molecule has 0 saturated heterocycles. The van der Waals surface area contributed by atoms with E-state index in [2.05, 4.69) is 20.6 Å². The highest BCUT2D eigenvalue weighted by atomic mass is 35.5. The highest BCUT2D eigenvalue weighted by Crippen LogP contribution is 2.26. The number of hydrogen-bond acceptors (Lipinski definition) is 5. The van der Waals surface area contributed by atoms with Gasteiger partial charge in [0.2, 0.25) is 5.95 Å². The van der Waals surface area contributed by atoms with Crippen molar-refractivity contribution in [3.8, 4) is 5.75 Å². The predicted molar refractivity (Wildman–Crippen MR) is 107 cm³/mol. The summed E-state index contributed by atoms with van der Waals surface area (Å²) in [5, 5.41) is 6.53. The molecule has 1 heterocycles. The average Bonchev–Trinajstić information content (AvgIpc) is 2.65. The van der Waals surface area contributed by atoms with E-state index in [1.807, 2.05) is 38.1 Å². The minimum absolute atomic E-state index is 0.316. The van der Waals surface area contributed by atoms with E-state index in [4.69, 9.17) is 16.3 Å². The van der Waals surface area contributed by atoms with Crippen LogP contribution in [0.15, 0.2) is 48.8 Å². The standard InChI is InChI=1S/C20H19ClN4O2/c1-12-4-7-18(27-3)17(8-12)25-19(26)14-10-22-20(23-11-14)24-15-6-5-13(2)16(21)9-15/h4-11H,1-3H3,(H,25,26)(H,22,23,24). The van der Waals surface area contributed by atoms with Crippen LogP contribution in [-0.2, 0) is 0 Å². The van der Waals surface area contributed by atoms with Gasteiger partial charge in [-0.15, -0.1) is 0 Å². The molecule has 2 N–H and O–H groups in total. The fourth-order valence-electron chi connectivity index (χ4n) is 2.42. The summed E-state index contributed by atoms with van der Waals surface area (Å²) in [6.07, 6.45) is 2.92. The van der Waals surface area contributed by atoms with E-state index in [1.165, 1.54) is 12.4 Å². The van der Waals surface area contributed by atoms with E-state index >= 15 is 0 Å². The summed E-state index contributed by atoms with van der Waals surface area (Å²) in [6.45, 7) is 3.87. The molecule has 0 saturated carbocycles. The molecular formula is C20H19ClN4O2. The Morgan fingerprint density at radius 3 is 2.48 bits per heavy atom. The lowest BCUT2D eigenvalue weighted by molar-refractivity contribution is 0.102. The lowest BCUT2D eigenvalue weighted by Crippen LogP contribution is -2.14. The molecule has 7 heteroatoms. The van der Waals surface area contributed by atoms with Crippen molar-refractivity contribution in [2.75, 3.05) is 17.7 Å². The first kappa shape index (κ1) is 18.7. The number of anilines is 3. The maximum absolute atomic E-state index is 12.5. The predicted octanol–water partition coefficient (Wildman–Crippen LogP) is 4.75. The van der Waals surface area contributed by atoms with Crippen molar-refractivity contribution < 1.29 is 9.53 Å². The Hall–Kier alpha value is -3.12. The average molecular weight is 383 g/mol. The van der Waals surface area contributed by atoms with Crippen molar-refractivity contribution >= 4 is 34.8 Å². The van der Waals surface area contributed by atoms with Gasteiger partial charge in [0.25, 0.3) is 5.91 Å². The fourth-order valence-corrected chi connectivity index (χ4v) is 2.60. The number of carbonyl (C=O) groups is 1. The zero-order valence-corrected chi connectivity index (χ0v) is 16.0. The molecule has 3 rings (SSSR count). The Kier molecular flexibility index (Phi) is 5.57. The number of nitrogens with zero attached hydrogens (tertiary/aromatic N) is 2. The SMILES string of the molecule is COc1ccc(C)cc1NC(=O)c1cnc(Nc2ccc(C)c(Cl)c2)nc1. The summed E-state index contributed by atoms with van der Waals surface area (Å²) in [7, 11) is 1.56. The van der Waals surface area contributed by atoms with Crippen LogP contribution >= 0.6 is 11.6 Å². The molecule has 6 nitrogen and oxygen atoms in total. The van der Waals surface area contributed by atoms with Crippen molar-refractivity contribution in [1.82, 2.24) is 9.97 Å². The van der Waals surface area contributed by atoms with Crippen molar-refractivity contribution in [3.05, 3.63) is 70.5 Å². The van der Waals surface area contributed by atoms with Gasteiger partial charge in [-0.05, 0) is 49.2 Å². The number of benzene rings is 2. The molecule has 2 aromatic carbocycles. The van der Waals surface area contributed by atoms with Crippen LogP contribution in [0.3, 0.4) is 0 Å². The maximum Gasteiger partial charge on any atom is 0.258 e. The van der Waals surface area contributed by atoms with Gasteiger partial charge in [0.1, 0.15) is 5.75 Å². The van der Waals surface area contributed by atoms with Gasteiger partial charge < -0.3 is 15.4 Å². The highest BCUT2D eigenvalue weighted by molar-refractivity contribution is 6.31. The quantitative estimate of drug-likeness (QED) is 0.665. The largest absolute Gasteiger partial charge is 0.495 e. The number of hydrogen-bond donors (Lipinski definition) is 2. The van der Waals surface area contributed by atoms with Gasteiger partial charge in [-0.1, -0.05) is 23.7 Å². The van der Waals surface area contributed by atoms with E-state index in [-0.39, 0.29) is 5.91 Å². The van der Waals surface area contributed by atoms with Crippen molar-refractivity contribution in [1.29, 1.82) is 0 Å². The van der Waals surface area contributed by atoms with Gasteiger partial charge in [0, 0.05) is 23.1 Å². The van der Waals surface area contributed by atoms with E-state index in [0.717, 1.165) is 16.8 Å². The normalized spacial score (nSPS) is 10.4. The third-order valence-corrected chi connectivity index (χ3v) is 4.35. The fraction of sp³-hybridized carbons (Fsp3) is 0.150. The molecule has 0 atom stereocenters. The minimum atomic E-state index is -0.316. The second-order valence-electron chi connectivity index (χ2n) is 6.04. The van der Waals surface area contributed by atoms with Crippen LogP contribution in [0.25, 0.3) is 0 Å². The van der Waals surface area contributed by atoms with Crippen LogP contribution in [0.1, 0.15) is 21.5 Å². The topological polar surface area (TPSA) is 76.1 Å². The number of ether oxygens (including phenoxy) is 1. The zero-order chi connectivity index (χ0) is 19.4. The Labute approximate surface area is 162 Å². The Bertz CT molecular complexity index is 974. The zero-order valence-electron chi connectivity index (χ0n) is 15.2. The third-order valence-electron chi connectivity index (χ3n) is 3.95. The highest BCUT2D eigenvalue weighted by Gasteiger charge is 2.11. The molecule has 1 aromatic heterocycles. The molecule has 0 aliphatic rings. The molecule has 0 aliphatic carbocycles.